The summed E-state index contributed by atoms with van der Waals surface area (Å²) in [6.07, 6.45) is 1.31. The zero-order valence-corrected chi connectivity index (χ0v) is 15.0. The molecule has 0 atom stereocenters. The lowest BCUT2D eigenvalue weighted by molar-refractivity contribution is 0.363. The molecule has 0 aromatic carbocycles. The van der Waals surface area contributed by atoms with Crippen LogP contribution in [0.1, 0.15) is 26.7 Å². The molecule has 0 aliphatic carbocycles. The largest absolute Gasteiger partial charge is 0.329 e. The van der Waals surface area contributed by atoms with Gasteiger partial charge in [0, 0.05) is 12.1 Å². The van der Waals surface area contributed by atoms with Gasteiger partial charge in [-0.15, -0.1) is 11.3 Å². The summed E-state index contributed by atoms with van der Waals surface area (Å²) in [5.74, 6) is 0. The smallest absolute Gasteiger partial charge is 0.243 e. The summed E-state index contributed by atoms with van der Waals surface area (Å²) < 4.78 is 28.8. The van der Waals surface area contributed by atoms with Gasteiger partial charge in [-0.2, -0.15) is 0 Å². The molecule has 1 rings (SSSR count). The normalized spacial score (nSPS) is 12.9. The quantitative estimate of drug-likeness (QED) is 0.743. The Kier molecular flexibility index (Phi) is 5.82. The molecule has 1 aromatic rings. The van der Waals surface area contributed by atoms with Gasteiger partial charge >= 0.3 is 0 Å². The van der Waals surface area contributed by atoms with Crippen molar-refractivity contribution in [2.75, 3.05) is 6.54 Å². The zero-order chi connectivity index (χ0) is 14.0. The maximum atomic E-state index is 12.3. The second-order valence-corrected chi connectivity index (χ2v) is 9.39. The molecule has 0 spiro atoms. The molecule has 0 amide bonds. The fourth-order valence-corrected chi connectivity index (χ4v) is 6.94. The fourth-order valence-electron chi connectivity index (χ4n) is 1.57. The van der Waals surface area contributed by atoms with Crippen molar-refractivity contribution in [2.45, 2.75) is 37.1 Å². The number of nitrogens with two attached hydrogens (primary N) is 1. The second-order valence-electron chi connectivity index (χ2n) is 3.99. The van der Waals surface area contributed by atoms with E-state index in [1.165, 1.54) is 11.3 Å². The Balaban J connectivity index is 3.12. The van der Waals surface area contributed by atoms with Gasteiger partial charge in [-0.05, 0) is 50.8 Å². The van der Waals surface area contributed by atoms with Crippen molar-refractivity contribution in [1.82, 2.24) is 4.72 Å². The van der Waals surface area contributed by atoms with Crippen LogP contribution < -0.4 is 10.5 Å². The van der Waals surface area contributed by atoms with Crippen LogP contribution in [-0.4, -0.2) is 20.5 Å². The third kappa shape index (κ3) is 3.55. The molecule has 18 heavy (non-hydrogen) atoms. The van der Waals surface area contributed by atoms with Crippen LogP contribution in [0, 0.1) is 0 Å². The predicted molar refractivity (Wildman–Crippen MR) is 82.4 cm³/mol. The molecule has 0 saturated heterocycles. The average molecular weight is 420 g/mol. The molecule has 0 aliphatic rings. The molecule has 8 heteroatoms. The van der Waals surface area contributed by atoms with E-state index < -0.39 is 15.6 Å². The molecule has 4 nitrogen and oxygen atoms in total. The summed E-state index contributed by atoms with van der Waals surface area (Å²) in [5, 5.41) is 0. The predicted octanol–water partition coefficient (Wildman–Crippen LogP) is 3.07. The summed E-state index contributed by atoms with van der Waals surface area (Å²) >= 11 is 7.87. The number of hydrogen-bond donors (Lipinski definition) is 2. The van der Waals surface area contributed by atoms with Gasteiger partial charge in [-0.3, -0.25) is 0 Å². The Bertz CT molecular complexity index is 502. The van der Waals surface area contributed by atoms with Gasteiger partial charge in [0.25, 0.3) is 0 Å². The van der Waals surface area contributed by atoms with Crippen LogP contribution in [0.5, 0.6) is 0 Å². The molecular weight excluding hydrogens is 404 g/mol. The summed E-state index contributed by atoms with van der Waals surface area (Å²) in [7, 11) is -3.56. The SMILES string of the molecule is CCC(CC)(CN)NS(=O)(=O)c1cc(Br)sc1Br. The molecule has 0 bridgehead atoms. The van der Waals surface area contributed by atoms with Gasteiger partial charge in [0.15, 0.2) is 0 Å². The van der Waals surface area contributed by atoms with Crippen LogP contribution in [-0.2, 0) is 10.0 Å². The molecular formula is C10H16Br2N2O2S2. The van der Waals surface area contributed by atoms with Gasteiger partial charge < -0.3 is 5.73 Å². The highest BCUT2D eigenvalue weighted by Gasteiger charge is 2.32. The molecule has 0 aliphatic heterocycles. The van der Waals surface area contributed by atoms with Crippen LogP contribution in [0.4, 0.5) is 0 Å². The molecule has 104 valence electrons. The van der Waals surface area contributed by atoms with E-state index in [1.54, 1.807) is 6.07 Å². The lowest BCUT2D eigenvalue weighted by atomic mass is 9.95. The van der Waals surface area contributed by atoms with Gasteiger partial charge in [-0.1, -0.05) is 13.8 Å². The van der Waals surface area contributed by atoms with E-state index in [0.717, 1.165) is 3.79 Å². The monoisotopic (exact) mass is 418 g/mol. The Hall–Kier alpha value is 0.530. The first-order valence-corrected chi connectivity index (χ1v) is 9.37. The number of hydrogen-bond acceptors (Lipinski definition) is 4. The molecule has 0 fully saturated rings. The molecule has 1 aromatic heterocycles. The Morgan fingerprint density at radius 1 is 1.39 bits per heavy atom. The van der Waals surface area contributed by atoms with Crippen LogP contribution >= 0.6 is 43.2 Å². The summed E-state index contributed by atoms with van der Waals surface area (Å²) in [6.45, 7) is 4.14. The van der Waals surface area contributed by atoms with Gasteiger partial charge in [0.1, 0.15) is 4.90 Å². The first-order valence-electron chi connectivity index (χ1n) is 5.49. The lowest BCUT2D eigenvalue weighted by Crippen LogP contribution is -2.52. The first-order chi connectivity index (χ1) is 8.30. The Labute approximate surface area is 129 Å². The van der Waals surface area contributed by atoms with E-state index in [2.05, 4.69) is 36.6 Å². The van der Waals surface area contributed by atoms with E-state index in [1.807, 2.05) is 13.8 Å². The van der Waals surface area contributed by atoms with E-state index in [9.17, 15) is 8.42 Å². The lowest BCUT2D eigenvalue weighted by Gasteiger charge is -2.30. The number of rotatable bonds is 6. The molecule has 0 radical (unpaired) electrons. The van der Waals surface area contributed by atoms with Crippen LogP contribution in [0.3, 0.4) is 0 Å². The van der Waals surface area contributed by atoms with E-state index in [-0.39, 0.29) is 11.4 Å². The van der Waals surface area contributed by atoms with Crippen molar-refractivity contribution in [3.63, 3.8) is 0 Å². The molecule has 0 unspecified atom stereocenters. The third-order valence-corrected chi connectivity index (χ3v) is 7.34. The highest BCUT2D eigenvalue weighted by atomic mass is 79.9. The van der Waals surface area contributed by atoms with E-state index in [0.29, 0.717) is 16.6 Å². The minimum absolute atomic E-state index is 0.249. The third-order valence-electron chi connectivity index (χ3n) is 3.01. The van der Waals surface area contributed by atoms with Gasteiger partial charge in [0.2, 0.25) is 10.0 Å². The zero-order valence-electron chi connectivity index (χ0n) is 10.2. The average Bonchev–Trinajstić information content (AvgIpc) is 2.66. The molecule has 3 N–H and O–H groups in total. The van der Waals surface area contributed by atoms with Crippen molar-refractivity contribution in [2.24, 2.45) is 5.73 Å². The summed E-state index contributed by atoms with van der Waals surface area (Å²) in [6, 6.07) is 1.59. The van der Waals surface area contributed by atoms with Crippen molar-refractivity contribution in [3.05, 3.63) is 13.6 Å². The summed E-state index contributed by atoms with van der Waals surface area (Å²) in [4.78, 5) is 0.249. The highest BCUT2D eigenvalue weighted by Crippen LogP contribution is 2.35. The standard InChI is InChI=1S/C10H16Br2N2O2S2/c1-3-10(4-2,6-13)14-18(15,16)7-5-8(11)17-9(7)12/h5,14H,3-4,6,13H2,1-2H3. The minimum atomic E-state index is -3.56. The number of thiophene rings is 1. The topological polar surface area (TPSA) is 72.2 Å². The Morgan fingerprint density at radius 2 is 1.94 bits per heavy atom. The van der Waals surface area contributed by atoms with Crippen LogP contribution in [0.25, 0.3) is 0 Å². The van der Waals surface area contributed by atoms with E-state index in [4.69, 9.17) is 5.73 Å². The molecule has 1 heterocycles. The van der Waals surface area contributed by atoms with E-state index >= 15 is 0 Å². The van der Waals surface area contributed by atoms with Gasteiger partial charge in [0.05, 0.1) is 7.57 Å². The number of sulfonamides is 1. The number of nitrogens with one attached hydrogen (secondary N) is 1. The maximum absolute atomic E-state index is 12.3. The van der Waals surface area contributed by atoms with Gasteiger partial charge in [-0.25, -0.2) is 13.1 Å². The minimum Gasteiger partial charge on any atom is -0.329 e. The van der Waals surface area contributed by atoms with Crippen LogP contribution in [0.2, 0.25) is 0 Å². The van der Waals surface area contributed by atoms with Crippen molar-refractivity contribution in [1.29, 1.82) is 0 Å². The fraction of sp³-hybridized carbons (Fsp3) is 0.600. The maximum Gasteiger partial charge on any atom is 0.243 e. The highest BCUT2D eigenvalue weighted by molar-refractivity contribution is 9.12. The molecule has 0 saturated carbocycles. The van der Waals surface area contributed by atoms with Crippen LogP contribution in [0.15, 0.2) is 18.5 Å². The second kappa shape index (κ2) is 6.32. The van der Waals surface area contributed by atoms with Crippen molar-refractivity contribution >= 4 is 53.2 Å². The van der Waals surface area contributed by atoms with Crippen molar-refractivity contribution < 1.29 is 8.42 Å². The summed E-state index contributed by atoms with van der Waals surface area (Å²) in [5.41, 5.74) is 5.14. The Morgan fingerprint density at radius 3 is 2.28 bits per heavy atom. The van der Waals surface area contributed by atoms with Crippen molar-refractivity contribution in [3.8, 4) is 0 Å². The first kappa shape index (κ1) is 16.6. The number of halogens is 2.